The van der Waals surface area contributed by atoms with Crippen molar-refractivity contribution in [2.45, 2.75) is 13.0 Å². The van der Waals surface area contributed by atoms with Crippen LogP contribution in [0.15, 0.2) is 11.4 Å². The van der Waals surface area contributed by atoms with E-state index in [9.17, 15) is 4.79 Å². The third-order valence-electron chi connectivity index (χ3n) is 1.77. The topological polar surface area (TPSA) is 64.3 Å². The molecule has 0 aliphatic rings. The predicted molar refractivity (Wildman–Crippen MR) is 56.9 cm³/mol. The third kappa shape index (κ3) is 2.71. The number of thiophene rings is 1. The second kappa shape index (κ2) is 4.97. The summed E-state index contributed by atoms with van der Waals surface area (Å²) in [6, 6.07) is 1.71. The summed E-state index contributed by atoms with van der Waals surface area (Å²) in [7, 11) is 1.58. The zero-order valence-corrected chi connectivity index (χ0v) is 9.06. The predicted octanol–water partition coefficient (Wildman–Crippen LogP) is 0.834. The van der Waals surface area contributed by atoms with Crippen LogP contribution in [-0.4, -0.2) is 25.6 Å². The maximum absolute atomic E-state index is 11.5. The molecule has 78 valence electrons. The molecule has 3 N–H and O–H groups in total. The second-order valence-corrected chi connectivity index (χ2v) is 3.87. The fraction of sp³-hybridized carbons (Fsp3) is 0.444. The SMILES string of the molecule is COc1csc(C(=O)N[C@H](C)CN)c1. The van der Waals surface area contributed by atoms with E-state index in [1.165, 1.54) is 11.3 Å². The first-order valence-electron chi connectivity index (χ1n) is 4.30. The van der Waals surface area contributed by atoms with Crippen LogP contribution in [0.4, 0.5) is 0 Å². The minimum absolute atomic E-state index is 0.00408. The lowest BCUT2D eigenvalue weighted by molar-refractivity contribution is 0.0945. The first-order valence-corrected chi connectivity index (χ1v) is 5.18. The van der Waals surface area contributed by atoms with Crippen molar-refractivity contribution >= 4 is 17.2 Å². The number of nitrogens with one attached hydrogen (secondary N) is 1. The molecule has 0 saturated carbocycles. The molecule has 0 unspecified atom stereocenters. The number of nitrogens with two attached hydrogens (primary N) is 1. The minimum atomic E-state index is -0.101. The molecule has 1 amide bonds. The van der Waals surface area contributed by atoms with Gasteiger partial charge in [0.25, 0.3) is 5.91 Å². The van der Waals surface area contributed by atoms with Crippen LogP contribution in [-0.2, 0) is 0 Å². The standard InChI is InChI=1S/C9H14N2O2S/c1-6(4-10)11-9(12)8-3-7(13-2)5-14-8/h3,5-6H,4,10H2,1-2H3,(H,11,12)/t6-/m1/s1. The molecular formula is C9H14N2O2S. The van der Waals surface area contributed by atoms with Gasteiger partial charge in [-0.15, -0.1) is 11.3 Å². The van der Waals surface area contributed by atoms with Gasteiger partial charge in [-0.2, -0.15) is 0 Å². The summed E-state index contributed by atoms with van der Waals surface area (Å²) in [6.07, 6.45) is 0. The number of methoxy groups -OCH3 is 1. The molecule has 1 aromatic heterocycles. The fourth-order valence-electron chi connectivity index (χ4n) is 0.899. The lowest BCUT2D eigenvalue weighted by Gasteiger charge is -2.09. The molecule has 0 aromatic carbocycles. The molecule has 5 heteroatoms. The van der Waals surface area contributed by atoms with E-state index in [1.807, 2.05) is 6.92 Å². The molecule has 1 heterocycles. The highest BCUT2D eigenvalue weighted by atomic mass is 32.1. The summed E-state index contributed by atoms with van der Waals surface area (Å²) in [4.78, 5) is 12.2. The van der Waals surface area contributed by atoms with E-state index in [-0.39, 0.29) is 11.9 Å². The minimum Gasteiger partial charge on any atom is -0.496 e. The molecule has 0 radical (unpaired) electrons. The van der Waals surface area contributed by atoms with Crippen molar-refractivity contribution in [3.05, 3.63) is 16.3 Å². The van der Waals surface area contributed by atoms with Crippen molar-refractivity contribution in [2.75, 3.05) is 13.7 Å². The zero-order valence-electron chi connectivity index (χ0n) is 8.24. The molecule has 0 saturated heterocycles. The molecule has 4 nitrogen and oxygen atoms in total. The van der Waals surface area contributed by atoms with Crippen LogP contribution >= 0.6 is 11.3 Å². The molecule has 0 aliphatic heterocycles. The van der Waals surface area contributed by atoms with Crippen LogP contribution < -0.4 is 15.8 Å². The Hall–Kier alpha value is -1.07. The van der Waals surface area contributed by atoms with Gasteiger partial charge in [0.2, 0.25) is 0 Å². The molecule has 0 fully saturated rings. The van der Waals surface area contributed by atoms with Crippen LogP contribution in [0.1, 0.15) is 16.6 Å². The molecule has 1 rings (SSSR count). The molecular weight excluding hydrogens is 200 g/mol. The van der Waals surface area contributed by atoms with E-state index in [1.54, 1.807) is 18.6 Å². The van der Waals surface area contributed by atoms with Crippen molar-refractivity contribution in [1.82, 2.24) is 5.32 Å². The van der Waals surface area contributed by atoms with Gasteiger partial charge in [-0.1, -0.05) is 0 Å². The number of carbonyl (C=O) groups is 1. The molecule has 1 aromatic rings. The van der Waals surface area contributed by atoms with Crippen LogP contribution in [0, 0.1) is 0 Å². The summed E-state index contributed by atoms with van der Waals surface area (Å²) < 4.78 is 4.98. The van der Waals surface area contributed by atoms with E-state index in [2.05, 4.69) is 5.32 Å². The molecule has 0 aliphatic carbocycles. The number of hydrogen-bond donors (Lipinski definition) is 2. The lowest BCUT2D eigenvalue weighted by atomic mass is 10.3. The van der Waals surface area contributed by atoms with Crippen LogP contribution in [0.3, 0.4) is 0 Å². The highest BCUT2D eigenvalue weighted by Crippen LogP contribution is 2.20. The average Bonchev–Trinajstić information content (AvgIpc) is 2.65. The largest absolute Gasteiger partial charge is 0.496 e. The Kier molecular flexibility index (Phi) is 3.91. The van der Waals surface area contributed by atoms with Gasteiger partial charge in [-0.25, -0.2) is 0 Å². The van der Waals surface area contributed by atoms with Gasteiger partial charge in [0, 0.05) is 24.0 Å². The molecule has 14 heavy (non-hydrogen) atoms. The highest BCUT2D eigenvalue weighted by molar-refractivity contribution is 7.12. The van der Waals surface area contributed by atoms with Crippen LogP contribution in [0.2, 0.25) is 0 Å². The summed E-state index contributed by atoms with van der Waals surface area (Å²) in [5.41, 5.74) is 5.39. The first-order chi connectivity index (χ1) is 6.67. The Bertz CT molecular complexity index is 312. The fourth-order valence-corrected chi connectivity index (χ4v) is 1.66. The Morgan fingerprint density at radius 2 is 2.50 bits per heavy atom. The van der Waals surface area contributed by atoms with Crippen molar-refractivity contribution in [2.24, 2.45) is 5.73 Å². The smallest absolute Gasteiger partial charge is 0.261 e. The summed E-state index contributed by atoms with van der Waals surface area (Å²) in [5, 5.41) is 4.57. The number of rotatable bonds is 4. The summed E-state index contributed by atoms with van der Waals surface area (Å²) >= 11 is 1.36. The van der Waals surface area contributed by atoms with Crippen LogP contribution in [0.25, 0.3) is 0 Å². The van der Waals surface area contributed by atoms with Crippen molar-refractivity contribution < 1.29 is 9.53 Å². The molecule has 0 spiro atoms. The van der Waals surface area contributed by atoms with Gasteiger partial charge >= 0.3 is 0 Å². The van der Waals surface area contributed by atoms with E-state index in [0.29, 0.717) is 17.2 Å². The Morgan fingerprint density at radius 1 is 1.79 bits per heavy atom. The zero-order chi connectivity index (χ0) is 10.6. The number of hydrogen-bond acceptors (Lipinski definition) is 4. The van der Waals surface area contributed by atoms with E-state index in [4.69, 9.17) is 10.5 Å². The van der Waals surface area contributed by atoms with Crippen molar-refractivity contribution in [3.63, 3.8) is 0 Å². The Labute approximate surface area is 87.1 Å². The highest BCUT2D eigenvalue weighted by Gasteiger charge is 2.11. The number of amides is 1. The van der Waals surface area contributed by atoms with E-state index < -0.39 is 0 Å². The van der Waals surface area contributed by atoms with Crippen LogP contribution in [0.5, 0.6) is 5.75 Å². The Morgan fingerprint density at radius 3 is 3.00 bits per heavy atom. The van der Waals surface area contributed by atoms with Gasteiger partial charge in [0.1, 0.15) is 5.75 Å². The summed E-state index contributed by atoms with van der Waals surface area (Å²) in [6.45, 7) is 2.30. The quantitative estimate of drug-likeness (QED) is 0.780. The lowest BCUT2D eigenvalue weighted by Crippen LogP contribution is -2.37. The van der Waals surface area contributed by atoms with Crippen molar-refractivity contribution in [3.8, 4) is 5.75 Å². The molecule has 0 bridgehead atoms. The van der Waals surface area contributed by atoms with Gasteiger partial charge in [-0.05, 0) is 6.92 Å². The normalized spacial score (nSPS) is 12.2. The summed E-state index contributed by atoms with van der Waals surface area (Å²) in [5.74, 6) is 0.608. The van der Waals surface area contributed by atoms with E-state index >= 15 is 0 Å². The number of carbonyl (C=O) groups excluding carboxylic acids is 1. The number of ether oxygens (including phenoxy) is 1. The molecule has 1 atom stereocenters. The van der Waals surface area contributed by atoms with Gasteiger partial charge in [-0.3, -0.25) is 4.79 Å². The third-order valence-corrected chi connectivity index (χ3v) is 2.67. The van der Waals surface area contributed by atoms with E-state index in [0.717, 1.165) is 0 Å². The van der Waals surface area contributed by atoms with Gasteiger partial charge in [0.05, 0.1) is 12.0 Å². The average molecular weight is 214 g/mol. The second-order valence-electron chi connectivity index (χ2n) is 2.96. The Balaban J connectivity index is 2.60. The monoisotopic (exact) mass is 214 g/mol. The maximum atomic E-state index is 11.5. The maximum Gasteiger partial charge on any atom is 0.261 e. The van der Waals surface area contributed by atoms with Gasteiger partial charge < -0.3 is 15.8 Å². The van der Waals surface area contributed by atoms with Crippen molar-refractivity contribution in [1.29, 1.82) is 0 Å². The van der Waals surface area contributed by atoms with Gasteiger partial charge in [0.15, 0.2) is 0 Å². The first kappa shape index (κ1) is 11.0.